The van der Waals surface area contributed by atoms with Gasteiger partial charge in [-0.15, -0.1) is 0 Å². The summed E-state index contributed by atoms with van der Waals surface area (Å²) < 4.78 is 5.92. The Bertz CT molecular complexity index is 1010. The molecular weight excluding hydrogens is 388 g/mol. The van der Waals surface area contributed by atoms with Gasteiger partial charge in [0.2, 0.25) is 0 Å². The molecule has 1 saturated heterocycles. The van der Waals surface area contributed by atoms with Crippen LogP contribution in [0.4, 0.5) is 5.69 Å². The number of anilines is 1. The van der Waals surface area contributed by atoms with Crippen molar-refractivity contribution in [2.75, 3.05) is 25.0 Å². The molecule has 0 radical (unpaired) electrons. The van der Waals surface area contributed by atoms with Gasteiger partial charge in [0.25, 0.3) is 5.91 Å². The Hall–Kier alpha value is -3.44. The normalized spacial score (nSPS) is 18.2. The standard InChI is InChI=1S/C26H26N2O3/c29-25(27-23-13-7-8-14-24(23)31-22-11-5-2-6-12-22)19-28-17-15-21(16-18-28)26(30)20-9-3-1-4-10-20/h1-14,21H,15-19H2,(H,27,29)/p+1. The van der Waals surface area contributed by atoms with Crippen LogP contribution in [0, 0.1) is 5.92 Å². The minimum Gasteiger partial charge on any atom is -0.455 e. The molecule has 3 aromatic rings. The van der Waals surface area contributed by atoms with Crippen LogP contribution >= 0.6 is 0 Å². The van der Waals surface area contributed by atoms with Gasteiger partial charge in [-0.1, -0.05) is 60.7 Å². The summed E-state index contributed by atoms with van der Waals surface area (Å²) in [5.74, 6) is 1.56. The Labute approximate surface area is 182 Å². The highest BCUT2D eigenvalue weighted by Gasteiger charge is 2.29. The Morgan fingerprint density at radius 2 is 1.45 bits per heavy atom. The zero-order valence-corrected chi connectivity index (χ0v) is 17.4. The number of rotatable bonds is 7. The summed E-state index contributed by atoms with van der Waals surface area (Å²) in [6, 6.07) is 26.4. The van der Waals surface area contributed by atoms with E-state index in [1.165, 1.54) is 4.90 Å². The number of ether oxygens (including phenoxy) is 1. The van der Waals surface area contributed by atoms with Gasteiger partial charge in [-0.05, 0) is 24.3 Å². The first kappa shape index (κ1) is 20.8. The molecule has 31 heavy (non-hydrogen) atoms. The fourth-order valence-corrected chi connectivity index (χ4v) is 4.00. The molecular formula is C26H27N2O3+. The molecule has 0 unspecified atom stereocenters. The minimum absolute atomic E-state index is 0.0491. The van der Waals surface area contributed by atoms with Crippen LogP contribution in [-0.2, 0) is 4.79 Å². The van der Waals surface area contributed by atoms with Gasteiger partial charge < -0.3 is 15.0 Å². The van der Waals surface area contributed by atoms with E-state index in [2.05, 4.69) is 5.32 Å². The number of hydrogen-bond acceptors (Lipinski definition) is 3. The van der Waals surface area contributed by atoms with Crippen LogP contribution in [0.3, 0.4) is 0 Å². The first-order valence-electron chi connectivity index (χ1n) is 10.7. The van der Waals surface area contributed by atoms with Gasteiger partial charge in [0.05, 0.1) is 18.8 Å². The second kappa shape index (κ2) is 10.0. The maximum atomic E-state index is 12.7. The molecule has 0 atom stereocenters. The van der Waals surface area contributed by atoms with Crippen LogP contribution in [0.1, 0.15) is 23.2 Å². The number of piperidine rings is 1. The molecule has 1 heterocycles. The average Bonchev–Trinajstić information content (AvgIpc) is 2.82. The number of benzene rings is 3. The Kier molecular flexibility index (Phi) is 6.75. The quantitative estimate of drug-likeness (QED) is 0.580. The van der Waals surface area contributed by atoms with Crippen molar-refractivity contribution >= 4 is 17.4 Å². The lowest BCUT2D eigenvalue weighted by molar-refractivity contribution is -0.897. The van der Waals surface area contributed by atoms with Crippen LogP contribution in [-0.4, -0.2) is 31.3 Å². The highest BCUT2D eigenvalue weighted by atomic mass is 16.5. The molecule has 3 aromatic carbocycles. The monoisotopic (exact) mass is 415 g/mol. The lowest BCUT2D eigenvalue weighted by Crippen LogP contribution is -3.14. The smallest absolute Gasteiger partial charge is 0.279 e. The molecule has 1 aliphatic heterocycles. The summed E-state index contributed by atoms with van der Waals surface area (Å²) in [5.41, 5.74) is 1.44. The van der Waals surface area contributed by atoms with E-state index in [9.17, 15) is 9.59 Å². The third-order valence-electron chi connectivity index (χ3n) is 5.66. The molecule has 1 amide bonds. The number of amides is 1. The average molecular weight is 416 g/mol. The molecule has 0 aromatic heterocycles. The molecule has 5 nitrogen and oxygen atoms in total. The fraction of sp³-hybridized carbons (Fsp3) is 0.231. The SMILES string of the molecule is O=C(C[NH+]1CCC(C(=O)c2ccccc2)CC1)Nc1ccccc1Oc1ccccc1. The van der Waals surface area contributed by atoms with Crippen LogP contribution in [0.25, 0.3) is 0 Å². The molecule has 0 saturated carbocycles. The first-order valence-corrected chi connectivity index (χ1v) is 10.7. The molecule has 5 heteroatoms. The van der Waals surface area contributed by atoms with Crippen LogP contribution < -0.4 is 15.0 Å². The van der Waals surface area contributed by atoms with E-state index in [1.807, 2.05) is 84.9 Å². The summed E-state index contributed by atoms with van der Waals surface area (Å²) in [5, 5.41) is 2.99. The van der Waals surface area contributed by atoms with Gasteiger partial charge in [0.15, 0.2) is 18.1 Å². The van der Waals surface area contributed by atoms with Crippen molar-refractivity contribution < 1.29 is 19.2 Å². The maximum absolute atomic E-state index is 12.7. The van der Waals surface area contributed by atoms with E-state index in [0.717, 1.165) is 37.2 Å². The fourth-order valence-electron chi connectivity index (χ4n) is 4.00. The molecule has 2 N–H and O–H groups in total. The molecule has 158 valence electrons. The van der Waals surface area contributed by atoms with Gasteiger partial charge in [-0.2, -0.15) is 0 Å². The van der Waals surface area contributed by atoms with E-state index in [0.29, 0.717) is 18.0 Å². The Morgan fingerprint density at radius 1 is 0.839 bits per heavy atom. The van der Waals surface area contributed by atoms with Crippen molar-refractivity contribution in [3.63, 3.8) is 0 Å². The maximum Gasteiger partial charge on any atom is 0.279 e. The number of hydrogen-bond donors (Lipinski definition) is 2. The third kappa shape index (κ3) is 5.58. The largest absolute Gasteiger partial charge is 0.455 e. The second-order valence-corrected chi connectivity index (χ2v) is 7.89. The lowest BCUT2D eigenvalue weighted by Gasteiger charge is -2.28. The van der Waals surface area contributed by atoms with Gasteiger partial charge in [0.1, 0.15) is 5.75 Å². The lowest BCUT2D eigenvalue weighted by atomic mass is 9.89. The van der Waals surface area contributed by atoms with Crippen molar-refractivity contribution in [1.82, 2.24) is 0 Å². The zero-order chi connectivity index (χ0) is 21.5. The highest BCUT2D eigenvalue weighted by molar-refractivity contribution is 5.97. The summed E-state index contributed by atoms with van der Waals surface area (Å²) in [6.07, 6.45) is 1.62. The van der Waals surface area contributed by atoms with E-state index < -0.39 is 0 Å². The molecule has 0 aliphatic carbocycles. The van der Waals surface area contributed by atoms with Crippen molar-refractivity contribution in [2.24, 2.45) is 5.92 Å². The molecule has 0 bridgehead atoms. The molecule has 1 fully saturated rings. The van der Waals surface area contributed by atoms with Crippen molar-refractivity contribution in [3.05, 3.63) is 90.5 Å². The van der Waals surface area contributed by atoms with Crippen molar-refractivity contribution in [2.45, 2.75) is 12.8 Å². The van der Waals surface area contributed by atoms with E-state index >= 15 is 0 Å². The number of para-hydroxylation sites is 3. The van der Waals surface area contributed by atoms with E-state index in [1.54, 1.807) is 0 Å². The summed E-state index contributed by atoms with van der Waals surface area (Å²) >= 11 is 0. The molecule has 0 spiro atoms. The summed E-state index contributed by atoms with van der Waals surface area (Å²) in [7, 11) is 0. The Balaban J connectivity index is 1.30. The third-order valence-corrected chi connectivity index (χ3v) is 5.66. The van der Waals surface area contributed by atoms with Crippen LogP contribution in [0.2, 0.25) is 0 Å². The number of carbonyl (C=O) groups is 2. The van der Waals surface area contributed by atoms with Crippen LogP contribution in [0.15, 0.2) is 84.9 Å². The zero-order valence-electron chi connectivity index (χ0n) is 17.4. The van der Waals surface area contributed by atoms with Crippen molar-refractivity contribution in [1.29, 1.82) is 0 Å². The van der Waals surface area contributed by atoms with E-state index in [-0.39, 0.29) is 17.6 Å². The van der Waals surface area contributed by atoms with Crippen LogP contribution in [0.5, 0.6) is 11.5 Å². The van der Waals surface area contributed by atoms with Gasteiger partial charge in [-0.3, -0.25) is 9.59 Å². The van der Waals surface area contributed by atoms with Gasteiger partial charge in [0, 0.05) is 24.3 Å². The van der Waals surface area contributed by atoms with E-state index in [4.69, 9.17) is 4.74 Å². The minimum atomic E-state index is -0.0491. The topological polar surface area (TPSA) is 59.8 Å². The second-order valence-electron chi connectivity index (χ2n) is 7.89. The summed E-state index contributed by atoms with van der Waals surface area (Å²) in [6.45, 7) is 2.02. The predicted octanol–water partition coefficient (Wildman–Crippen LogP) is 3.60. The molecule has 1 aliphatic rings. The number of likely N-dealkylation sites (tertiary alicyclic amines) is 1. The Morgan fingerprint density at radius 3 is 2.16 bits per heavy atom. The number of nitrogens with one attached hydrogen (secondary N) is 2. The first-order chi connectivity index (χ1) is 15.2. The predicted molar refractivity (Wildman–Crippen MR) is 121 cm³/mol. The van der Waals surface area contributed by atoms with Gasteiger partial charge >= 0.3 is 0 Å². The number of carbonyl (C=O) groups excluding carboxylic acids is 2. The van der Waals surface area contributed by atoms with Crippen molar-refractivity contribution in [3.8, 4) is 11.5 Å². The molecule has 4 rings (SSSR count). The summed E-state index contributed by atoms with van der Waals surface area (Å²) in [4.78, 5) is 26.5. The van der Waals surface area contributed by atoms with Gasteiger partial charge in [-0.25, -0.2) is 0 Å². The number of Topliss-reactive ketones (excluding diaryl/α,β-unsaturated/α-hetero) is 1. The number of quaternary nitrogens is 1. The number of ketones is 1. The highest BCUT2D eigenvalue weighted by Crippen LogP contribution is 2.29.